The SMILES string of the molecule is CC/C=C\C/C=C\C/C=C\C/C=C\C/C=C\C/C=C\CCCCC(=O)OC(COCCCCCCCCCCCCCCCCCCCCCCC)COP(=O)(O)OCC(N)C(=O)O. The molecule has 3 atom stereocenters. The van der Waals surface area contributed by atoms with E-state index in [1.54, 1.807) is 0 Å². The summed E-state index contributed by atoms with van der Waals surface area (Å²) in [6.07, 6.45) is 61.1. The van der Waals surface area contributed by atoms with Gasteiger partial charge in [0.2, 0.25) is 0 Å². The van der Waals surface area contributed by atoms with E-state index in [1.807, 2.05) is 0 Å². The molecular weight excluding hydrogens is 826 g/mol. The Kier molecular flexibility index (Phi) is 46.4. The Morgan fingerprint density at radius 3 is 1.33 bits per heavy atom. The third-order valence-electron chi connectivity index (χ3n) is 10.8. The Morgan fingerprint density at radius 2 is 0.906 bits per heavy atom. The molecule has 0 aliphatic carbocycles. The maximum Gasteiger partial charge on any atom is 0.472 e. The molecule has 0 aromatic carbocycles. The van der Waals surface area contributed by atoms with Gasteiger partial charge >= 0.3 is 19.8 Å². The summed E-state index contributed by atoms with van der Waals surface area (Å²) in [4.78, 5) is 33.7. The number of ether oxygens (including phenoxy) is 2. The van der Waals surface area contributed by atoms with Crippen molar-refractivity contribution in [3.63, 3.8) is 0 Å². The molecule has 0 saturated carbocycles. The Hall–Kier alpha value is -2.59. The highest BCUT2D eigenvalue weighted by molar-refractivity contribution is 7.47. The summed E-state index contributed by atoms with van der Waals surface area (Å²) in [7, 11) is -4.64. The van der Waals surface area contributed by atoms with Crippen LogP contribution in [0.25, 0.3) is 0 Å². The zero-order chi connectivity index (χ0) is 46.9. The van der Waals surface area contributed by atoms with Crippen molar-refractivity contribution < 1.29 is 42.7 Å². The molecule has 0 rings (SSSR count). The fourth-order valence-electron chi connectivity index (χ4n) is 6.84. The number of phosphoric ester groups is 1. The molecular formula is C53H94NO9P. The van der Waals surface area contributed by atoms with Gasteiger partial charge < -0.3 is 25.2 Å². The number of phosphoric acid groups is 1. The number of esters is 1. The van der Waals surface area contributed by atoms with Crippen LogP contribution in [-0.2, 0) is 32.7 Å². The number of allylic oxidation sites excluding steroid dienone is 12. The number of carboxylic acid groups (broad SMARTS) is 1. The molecule has 0 aromatic rings. The van der Waals surface area contributed by atoms with Crippen molar-refractivity contribution in [3.8, 4) is 0 Å². The van der Waals surface area contributed by atoms with Crippen LogP contribution in [0.3, 0.4) is 0 Å². The zero-order valence-corrected chi connectivity index (χ0v) is 41.5. The highest BCUT2D eigenvalue weighted by atomic mass is 31.2. The maximum absolute atomic E-state index is 12.7. The van der Waals surface area contributed by atoms with E-state index < -0.39 is 45.1 Å². The summed E-state index contributed by atoms with van der Waals surface area (Å²) < 4.78 is 33.5. The van der Waals surface area contributed by atoms with E-state index in [4.69, 9.17) is 29.4 Å². The molecule has 0 saturated heterocycles. The van der Waals surface area contributed by atoms with E-state index >= 15 is 0 Å². The number of unbranched alkanes of at least 4 members (excludes halogenated alkanes) is 22. The average molecular weight is 920 g/mol. The number of carboxylic acids is 1. The van der Waals surface area contributed by atoms with Crippen LogP contribution in [0.1, 0.15) is 213 Å². The van der Waals surface area contributed by atoms with Crippen LogP contribution >= 0.6 is 7.82 Å². The van der Waals surface area contributed by atoms with Crippen molar-refractivity contribution in [2.45, 2.75) is 225 Å². The topological polar surface area (TPSA) is 155 Å². The third-order valence-corrected chi connectivity index (χ3v) is 11.7. The molecule has 10 nitrogen and oxygen atoms in total. The van der Waals surface area contributed by atoms with Crippen LogP contribution in [0.4, 0.5) is 0 Å². The number of aliphatic carboxylic acids is 1. The van der Waals surface area contributed by atoms with E-state index in [1.165, 1.54) is 116 Å². The van der Waals surface area contributed by atoms with Crippen LogP contribution in [0.2, 0.25) is 0 Å². The molecule has 0 heterocycles. The Morgan fingerprint density at radius 1 is 0.516 bits per heavy atom. The molecule has 64 heavy (non-hydrogen) atoms. The van der Waals surface area contributed by atoms with E-state index in [-0.39, 0.29) is 13.0 Å². The van der Waals surface area contributed by atoms with Gasteiger partial charge in [0.1, 0.15) is 12.1 Å². The summed E-state index contributed by atoms with van der Waals surface area (Å²) in [5, 5.41) is 8.93. The Labute approximate surface area is 391 Å². The first kappa shape index (κ1) is 61.4. The largest absolute Gasteiger partial charge is 0.480 e. The minimum absolute atomic E-state index is 0.00187. The third kappa shape index (κ3) is 47.4. The highest BCUT2D eigenvalue weighted by Crippen LogP contribution is 2.43. The number of hydrogen-bond acceptors (Lipinski definition) is 8. The first-order valence-electron chi connectivity index (χ1n) is 25.5. The lowest BCUT2D eigenvalue weighted by Gasteiger charge is -2.20. The van der Waals surface area contributed by atoms with Gasteiger partial charge in [-0.3, -0.25) is 18.6 Å². The van der Waals surface area contributed by atoms with Gasteiger partial charge in [0.25, 0.3) is 0 Å². The van der Waals surface area contributed by atoms with E-state index in [0.29, 0.717) is 13.0 Å². The molecule has 0 aliphatic heterocycles. The molecule has 0 bridgehead atoms. The van der Waals surface area contributed by atoms with Crippen LogP contribution in [0.5, 0.6) is 0 Å². The monoisotopic (exact) mass is 920 g/mol. The fraction of sp³-hybridized carbons (Fsp3) is 0.736. The van der Waals surface area contributed by atoms with E-state index in [0.717, 1.165) is 70.6 Å². The van der Waals surface area contributed by atoms with Gasteiger partial charge in [-0.05, 0) is 64.2 Å². The van der Waals surface area contributed by atoms with Crippen molar-refractivity contribution in [2.75, 3.05) is 26.4 Å². The zero-order valence-electron chi connectivity index (χ0n) is 40.6. The molecule has 3 unspecified atom stereocenters. The fourth-order valence-corrected chi connectivity index (χ4v) is 7.62. The van der Waals surface area contributed by atoms with Gasteiger partial charge in [-0.1, -0.05) is 215 Å². The Balaban J connectivity index is 4.22. The second-order valence-corrected chi connectivity index (χ2v) is 18.4. The lowest BCUT2D eigenvalue weighted by Crippen LogP contribution is -2.34. The Bertz CT molecular complexity index is 1290. The predicted octanol–water partition coefficient (Wildman–Crippen LogP) is 14.9. The van der Waals surface area contributed by atoms with Crippen LogP contribution in [0, 0.1) is 0 Å². The van der Waals surface area contributed by atoms with Gasteiger partial charge in [-0.25, -0.2) is 4.57 Å². The van der Waals surface area contributed by atoms with Crippen molar-refractivity contribution in [3.05, 3.63) is 72.9 Å². The molecule has 370 valence electrons. The summed E-state index contributed by atoms with van der Waals surface area (Å²) in [5.41, 5.74) is 5.37. The minimum Gasteiger partial charge on any atom is -0.480 e. The van der Waals surface area contributed by atoms with Crippen LogP contribution in [0.15, 0.2) is 72.9 Å². The molecule has 0 spiro atoms. The van der Waals surface area contributed by atoms with Crippen molar-refractivity contribution in [2.24, 2.45) is 5.73 Å². The number of carbonyl (C=O) groups excluding carboxylic acids is 1. The molecule has 0 aliphatic rings. The average Bonchev–Trinajstić information content (AvgIpc) is 3.28. The van der Waals surface area contributed by atoms with Crippen LogP contribution < -0.4 is 5.73 Å². The maximum atomic E-state index is 12.7. The predicted molar refractivity (Wildman–Crippen MR) is 267 cm³/mol. The highest BCUT2D eigenvalue weighted by Gasteiger charge is 2.27. The smallest absolute Gasteiger partial charge is 0.472 e. The summed E-state index contributed by atoms with van der Waals surface area (Å²) in [6.45, 7) is 3.74. The normalized spacial score (nSPS) is 14.3. The van der Waals surface area contributed by atoms with E-state index in [9.17, 15) is 19.0 Å². The number of carbonyl (C=O) groups is 2. The number of nitrogens with two attached hydrogens (primary N) is 1. The van der Waals surface area contributed by atoms with Gasteiger partial charge in [0, 0.05) is 13.0 Å². The molecule has 0 aromatic heterocycles. The van der Waals surface area contributed by atoms with Crippen molar-refractivity contribution >= 4 is 19.8 Å². The molecule has 0 amide bonds. The minimum atomic E-state index is -4.64. The van der Waals surface area contributed by atoms with Crippen molar-refractivity contribution in [1.82, 2.24) is 0 Å². The van der Waals surface area contributed by atoms with Gasteiger partial charge in [0.15, 0.2) is 0 Å². The summed E-state index contributed by atoms with van der Waals surface area (Å²) in [6, 6.07) is -1.48. The molecule has 4 N–H and O–H groups in total. The van der Waals surface area contributed by atoms with Gasteiger partial charge in [-0.2, -0.15) is 0 Å². The lowest BCUT2D eigenvalue weighted by molar-refractivity contribution is -0.154. The van der Waals surface area contributed by atoms with Gasteiger partial charge in [0.05, 0.1) is 19.8 Å². The quantitative estimate of drug-likeness (QED) is 0.0232. The first-order valence-corrected chi connectivity index (χ1v) is 27.0. The number of hydrogen-bond donors (Lipinski definition) is 3. The van der Waals surface area contributed by atoms with Crippen LogP contribution in [-0.4, -0.2) is 60.5 Å². The second kappa shape index (κ2) is 48.3. The van der Waals surface area contributed by atoms with Gasteiger partial charge in [-0.15, -0.1) is 0 Å². The standard InChI is InChI=1S/C53H94NO9P/c1-3-5-7-9-11-13-15-17-19-21-23-25-27-29-31-33-35-37-39-41-43-45-52(55)63-50(48-61-64(58,59)62-49-51(54)53(56)57)47-60-46-44-42-40-38-36-34-32-30-28-26-24-22-20-18-16-14-12-10-8-6-4-2/h5,7,11,13,17,19,23,25,29,31,35,37,50-51H,3-4,6,8-10,12,14-16,18,20-22,24,26-28,30,32-34,36,38-49,54H2,1-2H3,(H,56,57)(H,58,59)/b7-5-,13-11-,19-17-,25-23-,31-29-,37-35-. The first-order chi connectivity index (χ1) is 31.2. The molecule has 11 heteroatoms. The lowest BCUT2D eigenvalue weighted by atomic mass is 10.0. The summed E-state index contributed by atoms with van der Waals surface area (Å²) >= 11 is 0. The van der Waals surface area contributed by atoms with E-state index in [2.05, 4.69) is 86.8 Å². The number of rotatable bonds is 48. The molecule has 0 radical (unpaired) electrons. The van der Waals surface area contributed by atoms with Crippen molar-refractivity contribution in [1.29, 1.82) is 0 Å². The molecule has 0 fully saturated rings. The second-order valence-electron chi connectivity index (χ2n) is 16.9. The summed E-state index contributed by atoms with van der Waals surface area (Å²) in [5.74, 6) is -1.82.